The first-order chi connectivity index (χ1) is 9.08. The largest absolute Gasteiger partial charge is 0.466 e. The highest BCUT2D eigenvalue weighted by Crippen LogP contribution is 2.29. The lowest BCUT2D eigenvalue weighted by atomic mass is 9.87. The molecule has 0 aromatic heterocycles. The Morgan fingerprint density at radius 3 is 2.47 bits per heavy atom. The molecule has 1 heterocycles. The van der Waals surface area contributed by atoms with Crippen LogP contribution in [0.5, 0.6) is 0 Å². The molecule has 1 atom stereocenters. The molecule has 0 aliphatic carbocycles. The maximum atomic E-state index is 12.0. The van der Waals surface area contributed by atoms with Gasteiger partial charge in [-0.3, -0.25) is 14.9 Å². The van der Waals surface area contributed by atoms with Crippen molar-refractivity contribution in [3.05, 3.63) is 35.9 Å². The predicted octanol–water partition coefficient (Wildman–Crippen LogP) is 0.674. The average molecular weight is 262 g/mol. The van der Waals surface area contributed by atoms with E-state index in [2.05, 4.69) is 10.6 Å². The van der Waals surface area contributed by atoms with Gasteiger partial charge < -0.3 is 10.1 Å². The fraction of sp³-hybridized carbons (Fsp3) is 0.308. The van der Waals surface area contributed by atoms with E-state index in [4.69, 9.17) is 4.74 Å². The number of carbonyl (C=O) groups excluding carboxylic acids is 3. The number of urea groups is 1. The zero-order valence-corrected chi connectivity index (χ0v) is 10.4. The summed E-state index contributed by atoms with van der Waals surface area (Å²) in [4.78, 5) is 35.1. The highest BCUT2D eigenvalue weighted by molar-refractivity contribution is 6.08. The Labute approximate surface area is 110 Å². The molecular formula is C13H14N2O4. The lowest BCUT2D eigenvalue weighted by Crippen LogP contribution is -2.45. The average Bonchev–Trinajstić information content (AvgIpc) is 2.66. The molecule has 0 unspecified atom stereocenters. The molecule has 0 spiro atoms. The van der Waals surface area contributed by atoms with Gasteiger partial charge in [0.1, 0.15) is 0 Å². The zero-order chi connectivity index (χ0) is 13.9. The van der Waals surface area contributed by atoms with Crippen LogP contribution >= 0.6 is 0 Å². The number of hydrogen-bond donors (Lipinski definition) is 2. The first-order valence-electron chi connectivity index (χ1n) is 5.93. The molecule has 1 fully saturated rings. The van der Waals surface area contributed by atoms with E-state index in [1.165, 1.54) is 0 Å². The monoisotopic (exact) mass is 262 g/mol. The van der Waals surface area contributed by atoms with E-state index in [1.807, 2.05) is 0 Å². The van der Waals surface area contributed by atoms with Crippen LogP contribution in [0.4, 0.5) is 4.79 Å². The molecule has 3 amide bonds. The van der Waals surface area contributed by atoms with Gasteiger partial charge in [-0.25, -0.2) is 4.79 Å². The minimum absolute atomic E-state index is 0.221. The van der Waals surface area contributed by atoms with Gasteiger partial charge in [-0.1, -0.05) is 30.3 Å². The van der Waals surface area contributed by atoms with E-state index in [0.717, 1.165) is 0 Å². The summed E-state index contributed by atoms with van der Waals surface area (Å²) in [6.45, 7) is 1.90. The Balaban J connectivity index is 2.37. The maximum Gasteiger partial charge on any atom is 0.322 e. The molecule has 2 rings (SSSR count). The molecule has 0 radical (unpaired) electrons. The van der Waals surface area contributed by atoms with Crippen molar-refractivity contribution in [2.75, 3.05) is 6.61 Å². The van der Waals surface area contributed by atoms with Crippen LogP contribution in [0.1, 0.15) is 18.9 Å². The lowest BCUT2D eigenvalue weighted by Gasteiger charge is -2.25. The third-order valence-electron chi connectivity index (χ3n) is 2.92. The number of hydrogen-bond acceptors (Lipinski definition) is 4. The van der Waals surface area contributed by atoms with Crippen LogP contribution in [0.15, 0.2) is 30.3 Å². The first kappa shape index (κ1) is 13.1. The summed E-state index contributed by atoms with van der Waals surface area (Å²) in [6, 6.07) is 8.02. The number of nitrogens with one attached hydrogen (secondary N) is 2. The van der Waals surface area contributed by atoms with E-state index in [0.29, 0.717) is 5.56 Å². The van der Waals surface area contributed by atoms with Gasteiger partial charge in [-0.05, 0) is 12.5 Å². The Hall–Kier alpha value is -2.37. The van der Waals surface area contributed by atoms with Gasteiger partial charge >= 0.3 is 12.0 Å². The van der Waals surface area contributed by atoms with Crippen molar-refractivity contribution in [2.24, 2.45) is 0 Å². The molecular weight excluding hydrogens is 248 g/mol. The van der Waals surface area contributed by atoms with Crippen LogP contribution in [-0.4, -0.2) is 24.5 Å². The van der Waals surface area contributed by atoms with E-state index in [-0.39, 0.29) is 13.0 Å². The Kier molecular flexibility index (Phi) is 3.50. The third kappa shape index (κ3) is 2.42. The predicted molar refractivity (Wildman–Crippen MR) is 66.0 cm³/mol. The highest BCUT2D eigenvalue weighted by Gasteiger charge is 2.49. The van der Waals surface area contributed by atoms with Gasteiger partial charge in [-0.2, -0.15) is 0 Å². The number of amides is 3. The Morgan fingerprint density at radius 2 is 1.95 bits per heavy atom. The van der Waals surface area contributed by atoms with Crippen molar-refractivity contribution in [2.45, 2.75) is 18.9 Å². The minimum Gasteiger partial charge on any atom is -0.466 e. The van der Waals surface area contributed by atoms with Crippen molar-refractivity contribution in [1.29, 1.82) is 0 Å². The summed E-state index contributed by atoms with van der Waals surface area (Å²) in [6.07, 6.45) is -0.234. The second-order valence-corrected chi connectivity index (χ2v) is 4.16. The molecule has 1 aliphatic rings. The lowest BCUT2D eigenvalue weighted by molar-refractivity contribution is -0.147. The van der Waals surface area contributed by atoms with Gasteiger partial charge in [-0.15, -0.1) is 0 Å². The summed E-state index contributed by atoms with van der Waals surface area (Å²) >= 11 is 0. The summed E-state index contributed by atoms with van der Waals surface area (Å²) in [7, 11) is 0. The standard InChI is InChI=1S/C13H14N2O4/c1-2-19-10(16)8-13(9-6-4-3-5-7-9)11(17)14-12(18)15-13/h3-7H,2,8H2,1H3,(H2,14,15,17,18)/t13-/m1/s1. The molecule has 19 heavy (non-hydrogen) atoms. The third-order valence-corrected chi connectivity index (χ3v) is 2.92. The number of rotatable bonds is 4. The molecule has 100 valence electrons. The fourth-order valence-electron chi connectivity index (χ4n) is 2.07. The van der Waals surface area contributed by atoms with Crippen LogP contribution in [0.2, 0.25) is 0 Å². The number of benzene rings is 1. The van der Waals surface area contributed by atoms with Crippen molar-refractivity contribution in [3.8, 4) is 0 Å². The summed E-state index contributed by atoms with van der Waals surface area (Å²) in [5, 5.41) is 4.68. The molecule has 6 heteroatoms. The Morgan fingerprint density at radius 1 is 1.26 bits per heavy atom. The van der Waals surface area contributed by atoms with E-state index in [1.54, 1.807) is 37.3 Å². The maximum absolute atomic E-state index is 12.0. The van der Waals surface area contributed by atoms with Crippen LogP contribution in [0.25, 0.3) is 0 Å². The topological polar surface area (TPSA) is 84.5 Å². The van der Waals surface area contributed by atoms with Gasteiger partial charge in [0.05, 0.1) is 13.0 Å². The number of ether oxygens (including phenoxy) is 1. The van der Waals surface area contributed by atoms with Crippen LogP contribution in [0, 0.1) is 0 Å². The SMILES string of the molecule is CCOC(=O)C[C@]1(c2ccccc2)NC(=O)NC1=O. The fourth-order valence-corrected chi connectivity index (χ4v) is 2.07. The first-order valence-corrected chi connectivity index (χ1v) is 5.93. The second-order valence-electron chi connectivity index (χ2n) is 4.16. The van der Waals surface area contributed by atoms with Crippen molar-refractivity contribution in [3.63, 3.8) is 0 Å². The van der Waals surface area contributed by atoms with E-state index < -0.39 is 23.4 Å². The number of imide groups is 1. The highest BCUT2D eigenvalue weighted by atomic mass is 16.5. The summed E-state index contributed by atoms with van der Waals surface area (Å²) in [5.41, 5.74) is -0.837. The quantitative estimate of drug-likeness (QED) is 0.617. The molecule has 1 saturated heterocycles. The van der Waals surface area contributed by atoms with E-state index >= 15 is 0 Å². The molecule has 1 aromatic rings. The minimum atomic E-state index is -1.38. The second kappa shape index (κ2) is 5.09. The van der Waals surface area contributed by atoms with Gasteiger partial charge in [0.25, 0.3) is 5.91 Å². The molecule has 0 bridgehead atoms. The van der Waals surface area contributed by atoms with Gasteiger partial charge in [0, 0.05) is 0 Å². The van der Waals surface area contributed by atoms with Crippen molar-refractivity contribution < 1.29 is 19.1 Å². The molecule has 0 saturated carbocycles. The Bertz CT molecular complexity index is 515. The van der Waals surface area contributed by atoms with Crippen LogP contribution in [0.3, 0.4) is 0 Å². The van der Waals surface area contributed by atoms with Crippen molar-refractivity contribution >= 4 is 17.9 Å². The van der Waals surface area contributed by atoms with Gasteiger partial charge in [0.2, 0.25) is 0 Å². The number of carbonyl (C=O) groups is 3. The molecule has 6 nitrogen and oxygen atoms in total. The smallest absolute Gasteiger partial charge is 0.322 e. The van der Waals surface area contributed by atoms with Gasteiger partial charge in [0.15, 0.2) is 5.54 Å². The molecule has 1 aromatic carbocycles. The molecule has 2 N–H and O–H groups in total. The summed E-state index contributed by atoms with van der Waals surface area (Å²) in [5.74, 6) is -1.08. The zero-order valence-electron chi connectivity index (χ0n) is 10.4. The number of esters is 1. The normalized spacial score (nSPS) is 21.7. The summed E-state index contributed by atoms with van der Waals surface area (Å²) < 4.78 is 4.86. The van der Waals surface area contributed by atoms with E-state index in [9.17, 15) is 14.4 Å². The molecule has 1 aliphatic heterocycles. The van der Waals surface area contributed by atoms with Crippen LogP contribution < -0.4 is 10.6 Å². The van der Waals surface area contributed by atoms with Crippen molar-refractivity contribution in [1.82, 2.24) is 10.6 Å². The van der Waals surface area contributed by atoms with Crippen LogP contribution in [-0.2, 0) is 19.9 Å².